The Bertz CT molecular complexity index is 652. The van der Waals surface area contributed by atoms with E-state index in [-0.39, 0.29) is 11.0 Å². The molecule has 0 bridgehead atoms. The van der Waals surface area contributed by atoms with Crippen molar-refractivity contribution >= 4 is 0 Å². The van der Waals surface area contributed by atoms with Gasteiger partial charge < -0.3 is 10.1 Å². The highest BCUT2D eigenvalue weighted by molar-refractivity contribution is 5.20. The van der Waals surface area contributed by atoms with Gasteiger partial charge >= 0.3 is 0 Å². The van der Waals surface area contributed by atoms with Gasteiger partial charge in [-0.1, -0.05) is 18.9 Å². The zero-order chi connectivity index (χ0) is 17.0. The molecule has 4 rings (SSSR count). The Morgan fingerprint density at radius 1 is 1.12 bits per heavy atom. The van der Waals surface area contributed by atoms with Gasteiger partial charge in [0.25, 0.3) is 0 Å². The second-order valence-corrected chi connectivity index (χ2v) is 7.67. The molecule has 0 amide bonds. The second-order valence-electron chi connectivity index (χ2n) is 7.67. The van der Waals surface area contributed by atoms with Crippen molar-refractivity contribution in [3.8, 4) is 0 Å². The summed E-state index contributed by atoms with van der Waals surface area (Å²) in [5.41, 5.74) is 2.60. The van der Waals surface area contributed by atoms with Gasteiger partial charge in [-0.15, -0.1) is 0 Å². The largest absolute Gasteiger partial charge is 0.375 e. The van der Waals surface area contributed by atoms with E-state index >= 15 is 0 Å². The average Bonchev–Trinajstić information content (AvgIpc) is 3.32. The summed E-state index contributed by atoms with van der Waals surface area (Å²) < 4.78 is 6.31. The van der Waals surface area contributed by atoms with Crippen LogP contribution in [0.25, 0.3) is 0 Å². The quantitative estimate of drug-likeness (QED) is 0.792. The van der Waals surface area contributed by atoms with Crippen molar-refractivity contribution in [2.45, 2.75) is 62.5 Å². The Labute approximate surface area is 149 Å². The van der Waals surface area contributed by atoms with Crippen molar-refractivity contribution in [2.24, 2.45) is 0 Å². The summed E-state index contributed by atoms with van der Waals surface area (Å²) in [5, 5.41) is 10.6. The molecule has 2 fully saturated rings. The first kappa shape index (κ1) is 16.7. The smallest absolute Gasteiger partial charge is 0.0691 e. The Morgan fingerprint density at radius 3 is 2.80 bits per heavy atom. The maximum atomic E-state index is 6.31. The Balaban J connectivity index is 1.48. The number of hydrogen-bond donors (Lipinski definition) is 2. The van der Waals surface area contributed by atoms with Crippen LogP contribution in [0.1, 0.15) is 56.3 Å². The van der Waals surface area contributed by atoms with Gasteiger partial charge in [-0.3, -0.25) is 10.1 Å². The summed E-state index contributed by atoms with van der Waals surface area (Å²) in [6, 6.07) is 8.36. The van der Waals surface area contributed by atoms with Crippen LogP contribution < -0.4 is 5.32 Å². The lowest BCUT2D eigenvalue weighted by molar-refractivity contribution is -0.104. The van der Waals surface area contributed by atoms with Crippen molar-refractivity contribution in [3.05, 3.63) is 48.0 Å². The van der Waals surface area contributed by atoms with Crippen molar-refractivity contribution < 1.29 is 4.74 Å². The third-order valence-corrected chi connectivity index (χ3v) is 6.03. The van der Waals surface area contributed by atoms with Gasteiger partial charge in [-0.25, -0.2) is 0 Å². The summed E-state index contributed by atoms with van der Waals surface area (Å²) >= 11 is 0. The first-order valence-corrected chi connectivity index (χ1v) is 9.55. The van der Waals surface area contributed by atoms with Gasteiger partial charge in [0.05, 0.1) is 5.60 Å². The number of aromatic amines is 1. The SMILES string of the molecule is c1ccc([C@]2(CCNCc3ccn[nH]3)CCOC3(CCCC3)C2)nc1. The van der Waals surface area contributed by atoms with Crippen molar-refractivity contribution in [1.29, 1.82) is 0 Å². The van der Waals surface area contributed by atoms with E-state index in [1.165, 1.54) is 31.4 Å². The predicted molar refractivity (Wildman–Crippen MR) is 97.2 cm³/mol. The van der Waals surface area contributed by atoms with Crippen molar-refractivity contribution in [1.82, 2.24) is 20.5 Å². The van der Waals surface area contributed by atoms with Gasteiger partial charge in [0, 0.05) is 42.3 Å². The van der Waals surface area contributed by atoms with Crippen LogP contribution in [-0.2, 0) is 16.7 Å². The molecule has 3 heterocycles. The molecule has 1 saturated carbocycles. The highest BCUT2D eigenvalue weighted by Crippen LogP contribution is 2.49. The molecule has 0 aromatic carbocycles. The van der Waals surface area contributed by atoms with Gasteiger partial charge in [-0.05, 0) is 56.8 Å². The molecule has 2 aromatic rings. The van der Waals surface area contributed by atoms with Crippen LogP contribution in [0.2, 0.25) is 0 Å². The predicted octanol–water partition coefficient (Wildman–Crippen LogP) is 3.35. The molecule has 2 aliphatic rings. The van der Waals surface area contributed by atoms with E-state index in [9.17, 15) is 0 Å². The number of nitrogens with one attached hydrogen (secondary N) is 2. The molecule has 2 N–H and O–H groups in total. The van der Waals surface area contributed by atoms with Crippen LogP contribution in [0.5, 0.6) is 0 Å². The summed E-state index contributed by atoms with van der Waals surface area (Å²) in [6.45, 7) is 2.67. The fourth-order valence-electron chi connectivity index (χ4n) is 4.73. The summed E-state index contributed by atoms with van der Waals surface area (Å²) in [7, 11) is 0. The Kier molecular flexibility index (Phi) is 4.86. The average molecular weight is 340 g/mol. The normalized spacial score (nSPS) is 25.4. The van der Waals surface area contributed by atoms with Crippen molar-refractivity contribution in [2.75, 3.05) is 13.2 Å². The summed E-state index contributed by atoms with van der Waals surface area (Å²) in [4.78, 5) is 4.76. The molecule has 1 atom stereocenters. The van der Waals surface area contributed by atoms with Gasteiger partial charge in [0.15, 0.2) is 0 Å². The highest BCUT2D eigenvalue weighted by atomic mass is 16.5. The zero-order valence-electron chi connectivity index (χ0n) is 14.8. The molecular formula is C20H28N4O. The standard InChI is InChI=1S/C20H28N4O/c1-4-11-22-18(5-1)19(9-13-21-15-17-6-12-23-24-17)10-14-25-20(16-19)7-2-3-8-20/h1,4-6,11-12,21H,2-3,7-10,13-16H2,(H,23,24)/t19-/m1/s1. The second kappa shape index (κ2) is 7.26. The molecule has 1 aliphatic heterocycles. The minimum Gasteiger partial charge on any atom is -0.375 e. The molecule has 5 heteroatoms. The maximum Gasteiger partial charge on any atom is 0.0691 e. The van der Waals surface area contributed by atoms with E-state index in [1.54, 1.807) is 6.20 Å². The number of ether oxygens (including phenoxy) is 1. The number of aromatic nitrogens is 3. The highest BCUT2D eigenvalue weighted by Gasteiger charge is 2.48. The Morgan fingerprint density at radius 2 is 2.04 bits per heavy atom. The maximum absolute atomic E-state index is 6.31. The molecular weight excluding hydrogens is 312 g/mol. The first-order valence-electron chi connectivity index (χ1n) is 9.55. The lowest BCUT2D eigenvalue weighted by Gasteiger charge is -2.46. The molecule has 5 nitrogen and oxygen atoms in total. The molecule has 25 heavy (non-hydrogen) atoms. The van der Waals surface area contributed by atoms with Crippen LogP contribution in [-0.4, -0.2) is 33.9 Å². The van der Waals surface area contributed by atoms with E-state index in [2.05, 4.69) is 27.6 Å². The zero-order valence-corrected chi connectivity index (χ0v) is 14.8. The third kappa shape index (κ3) is 3.62. The number of rotatable bonds is 6. The van der Waals surface area contributed by atoms with E-state index in [0.29, 0.717) is 0 Å². The Hall–Kier alpha value is -1.72. The molecule has 2 aromatic heterocycles. The van der Waals surface area contributed by atoms with Gasteiger partial charge in [0.1, 0.15) is 0 Å². The van der Waals surface area contributed by atoms with Crippen LogP contribution in [0.4, 0.5) is 0 Å². The lowest BCUT2D eigenvalue weighted by Crippen LogP contribution is -2.47. The monoisotopic (exact) mass is 340 g/mol. The van der Waals surface area contributed by atoms with E-state index in [1.807, 2.05) is 18.3 Å². The van der Waals surface area contributed by atoms with Crippen LogP contribution in [0.3, 0.4) is 0 Å². The van der Waals surface area contributed by atoms with Crippen LogP contribution >= 0.6 is 0 Å². The van der Waals surface area contributed by atoms with Crippen LogP contribution in [0, 0.1) is 0 Å². The molecule has 1 aliphatic carbocycles. The molecule has 0 unspecified atom stereocenters. The van der Waals surface area contributed by atoms with Gasteiger partial charge in [0.2, 0.25) is 0 Å². The number of nitrogens with zero attached hydrogens (tertiary/aromatic N) is 2. The fourth-order valence-corrected chi connectivity index (χ4v) is 4.73. The third-order valence-electron chi connectivity index (χ3n) is 6.03. The molecule has 1 saturated heterocycles. The molecule has 134 valence electrons. The first-order chi connectivity index (χ1) is 12.3. The summed E-state index contributed by atoms with van der Waals surface area (Å²) in [6.07, 6.45) is 12.0. The number of hydrogen-bond acceptors (Lipinski definition) is 4. The van der Waals surface area contributed by atoms with Gasteiger partial charge in [-0.2, -0.15) is 5.10 Å². The summed E-state index contributed by atoms with van der Waals surface area (Å²) in [5.74, 6) is 0. The fraction of sp³-hybridized carbons (Fsp3) is 0.600. The van der Waals surface area contributed by atoms with E-state index < -0.39 is 0 Å². The number of H-pyrrole nitrogens is 1. The van der Waals surface area contributed by atoms with Crippen LogP contribution in [0.15, 0.2) is 36.7 Å². The minimum absolute atomic E-state index is 0.0964. The molecule has 0 radical (unpaired) electrons. The van der Waals surface area contributed by atoms with E-state index in [4.69, 9.17) is 9.72 Å². The lowest BCUT2D eigenvalue weighted by atomic mass is 9.68. The molecule has 1 spiro atoms. The van der Waals surface area contributed by atoms with Crippen molar-refractivity contribution in [3.63, 3.8) is 0 Å². The topological polar surface area (TPSA) is 62.8 Å². The number of pyridine rings is 1. The van der Waals surface area contributed by atoms with E-state index in [0.717, 1.165) is 44.7 Å². The minimum atomic E-state index is 0.0964.